The molecule has 0 amide bonds. The van der Waals surface area contributed by atoms with E-state index in [1.54, 1.807) is 12.3 Å². The Labute approximate surface area is 148 Å². The van der Waals surface area contributed by atoms with Crippen molar-refractivity contribution in [2.45, 2.75) is 19.5 Å². The highest BCUT2D eigenvalue weighted by atomic mass is 35.5. The summed E-state index contributed by atoms with van der Waals surface area (Å²) in [5.41, 5.74) is -0.0646. The molecule has 3 aromatic rings. The van der Waals surface area contributed by atoms with E-state index in [-0.39, 0.29) is 17.1 Å². The van der Waals surface area contributed by atoms with E-state index < -0.39 is 16.9 Å². The second-order valence-electron chi connectivity index (χ2n) is 5.67. The molecule has 0 aliphatic heterocycles. The van der Waals surface area contributed by atoms with Gasteiger partial charge in [-0.15, -0.1) is 0 Å². The molecule has 0 spiro atoms. The molecule has 0 bridgehead atoms. The molecule has 0 unspecified atom stereocenters. The van der Waals surface area contributed by atoms with Gasteiger partial charge in [0, 0.05) is 29.5 Å². The van der Waals surface area contributed by atoms with Crippen LogP contribution in [0, 0.1) is 5.82 Å². The zero-order chi connectivity index (χ0) is 17.8. The summed E-state index contributed by atoms with van der Waals surface area (Å²) in [6.07, 6.45) is 3.67. The molecule has 1 aromatic heterocycles. The smallest absolute Gasteiger partial charge is 0.309 e. The molecule has 128 valence electrons. The topological polar surface area (TPSA) is 44.0 Å². The average Bonchev–Trinajstić information content (AvgIpc) is 2.62. The van der Waals surface area contributed by atoms with Gasteiger partial charge in [0.15, 0.2) is 0 Å². The number of nitrogens with zero attached hydrogens (tertiary/aromatic N) is 2. The summed E-state index contributed by atoms with van der Waals surface area (Å²) in [5, 5.41) is 0.222. The largest absolute Gasteiger partial charge is 0.316 e. The Hall–Kier alpha value is -2.66. The molecule has 0 radical (unpaired) electrons. The predicted molar refractivity (Wildman–Crippen MR) is 95.6 cm³/mol. The van der Waals surface area contributed by atoms with Gasteiger partial charge in [0.25, 0.3) is 0 Å². The molecule has 4 nitrogen and oxygen atoms in total. The van der Waals surface area contributed by atoms with Gasteiger partial charge in [0.2, 0.25) is 0 Å². The molecule has 2 aromatic carbocycles. The van der Waals surface area contributed by atoms with Crippen LogP contribution in [0.4, 0.5) is 4.39 Å². The predicted octanol–water partition coefficient (Wildman–Crippen LogP) is 3.09. The van der Waals surface area contributed by atoms with Crippen molar-refractivity contribution in [3.05, 3.63) is 104 Å². The van der Waals surface area contributed by atoms with E-state index in [2.05, 4.69) is 0 Å². The first-order valence-corrected chi connectivity index (χ1v) is 8.21. The van der Waals surface area contributed by atoms with Crippen LogP contribution in [0.2, 0.25) is 5.02 Å². The standard InChI is InChI=1S/C19H16ClFN2O2/c20-16-7-4-8-17(21)15(16)13-23-12-11-22(18(24)19(23)25)10-9-14-5-2-1-3-6-14/h1-8,11-12H,9-10,13H2. The Kier molecular flexibility index (Phi) is 5.14. The maximum absolute atomic E-state index is 13.9. The average molecular weight is 359 g/mol. The van der Waals surface area contributed by atoms with Crippen molar-refractivity contribution in [1.82, 2.24) is 9.13 Å². The molecule has 0 fully saturated rings. The van der Waals surface area contributed by atoms with Crippen molar-refractivity contribution in [2.24, 2.45) is 0 Å². The first-order chi connectivity index (χ1) is 12.1. The monoisotopic (exact) mass is 358 g/mol. The molecule has 25 heavy (non-hydrogen) atoms. The maximum atomic E-state index is 13.9. The Morgan fingerprint density at radius 2 is 1.56 bits per heavy atom. The highest BCUT2D eigenvalue weighted by Gasteiger charge is 2.11. The van der Waals surface area contributed by atoms with Crippen molar-refractivity contribution >= 4 is 11.6 Å². The SMILES string of the molecule is O=c1c(=O)n(Cc2c(F)cccc2Cl)ccn1CCc1ccccc1. The fraction of sp³-hybridized carbons (Fsp3) is 0.158. The summed E-state index contributed by atoms with van der Waals surface area (Å²) < 4.78 is 16.4. The molecule has 6 heteroatoms. The molecular formula is C19H16ClFN2O2. The summed E-state index contributed by atoms with van der Waals surface area (Å²) >= 11 is 5.98. The second-order valence-corrected chi connectivity index (χ2v) is 6.07. The van der Waals surface area contributed by atoms with Crippen LogP contribution in [-0.4, -0.2) is 9.13 Å². The van der Waals surface area contributed by atoms with Crippen LogP contribution < -0.4 is 11.1 Å². The summed E-state index contributed by atoms with van der Waals surface area (Å²) in [6.45, 7) is 0.318. The molecule has 3 rings (SSSR count). The van der Waals surface area contributed by atoms with Gasteiger partial charge in [-0.05, 0) is 24.1 Å². The van der Waals surface area contributed by atoms with E-state index >= 15 is 0 Å². The zero-order valence-electron chi connectivity index (χ0n) is 13.4. The summed E-state index contributed by atoms with van der Waals surface area (Å²) in [5.74, 6) is -0.507. The number of rotatable bonds is 5. The van der Waals surface area contributed by atoms with E-state index in [0.29, 0.717) is 13.0 Å². The lowest BCUT2D eigenvalue weighted by molar-refractivity contribution is 0.583. The van der Waals surface area contributed by atoms with Crippen molar-refractivity contribution in [3.63, 3.8) is 0 Å². The minimum absolute atomic E-state index is 0.0842. The second kappa shape index (κ2) is 7.49. The van der Waals surface area contributed by atoms with Crippen molar-refractivity contribution < 1.29 is 4.39 Å². The van der Waals surface area contributed by atoms with Crippen LogP contribution in [-0.2, 0) is 19.5 Å². The molecule has 0 saturated carbocycles. The number of halogens is 2. The maximum Gasteiger partial charge on any atom is 0.316 e. The Balaban J connectivity index is 1.83. The van der Waals surface area contributed by atoms with Gasteiger partial charge in [-0.3, -0.25) is 9.59 Å². The van der Waals surface area contributed by atoms with Crippen molar-refractivity contribution in [1.29, 1.82) is 0 Å². The Morgan fingerprint density at radius 3 is 2.28 bits per heavy atom. The fourth-order valence-electron chi connectivity index (χ4n) is 2.59. The van der Waals surface area contributed by atoms with Gasteiger partial charge >= 0.3 is 11.1 Å². The fourth-order valence-corrected chi connectivity index (χ4v) is 2.81. The minimum Gasteiger partial charge on any atom is -0.309 e. The molecular weight excluding hydrogens is 343 g/mol. The van der Waals surface area contributed by atoms with Crippen molar-refractivity contribution in [3.8, 4) is 0 Å². The van der Waals surface area contributed by atoms with E-state index in [9.17, 15) is 14.0 Å². The van der Waals surface area contributed by atoms with E-state index in [1.165, 1.54) is 27.5 Å². The summed E-state index contributed by atoms with van der Waals surface area (Å²) in [7, 11) is 0. The third-order valence-electron chi connectivity index (χ3n) is 4.01. The van der Waals surface area contributed by atoms with Crippen LogP contribution in [0.1, 0.15) is 11.1 Å². The highest BCUT2D eigenvalue weighted by molar-refractivity contribution is 6.31. The molecule has 0 aliphatic rings. The van der Waals surface area contributed by atoms with Gasteiger partial charge in [0.05, 0.1) is 6.54 Å². The molecule has 0 aliphatic carbocycles. The van der Waals surface area contributed by atoms with E-state index in [0.717, 1.165) is 5.56 Å². The van der Waals surface area contributed by atoms with Gasteiger partial charge in [-0.1, -0.05) is 48.0 Å². The Bertz CT molecular complexity index is 976. The van der Waals surface area contributed by atoms with Crippen LogP contribution in [0.5, 0.6) is 0 Å². The van der Waals surface area contributed by atoms with Crippen LogP contribution in [0.3, 0.4) is 0 Å². The lowest BCUT2D eigenvalue weighted by Gasteiger charge is -2.11. The molecule has 0 saturated heterocycles. The van der Waals surface area contributed by atoms with Crippen molar-refractivity contribution in [2.75, 3.05) is 0 Å². The van der Waals surface area contributed by atoms with Crippen LogP contribution in [0.15, 0.2) is 70.5 Å². The molecule has 0 N–H and O–H groups in total. The van der Waals surface area contributed by atoms with Gasteiger partial charge in [0.1, 0.15) is 5.82 Å². The lowest BCUT2D eigenvalue weighted by Crippen LogP contribution is -2.41. The lowest BCUT2D eigenvalue weighted by atomic mass is 10.1. The number of hydrogen-bond acceptors (Lipinski definition) is 2. The zero-order valence-corrected chi connectivity index (χ0v) is 14.1. The quantitative estimate of drug-likeness (QED) is 0.658. The molecule has 1 heterocycles. The minimum atomic E-state index is -0.699. The number of benzene rings is 2. The number of hydrogen-bond donors (Lipinski definition) is 0. The molecule has 0 atom stereocenters. The van der Waals surface area contributed by atoms with Crippen LogP contribution in [0.25, 0.3) is 0 Å². The van der Waals surface area contributed by atoms with E-state index in [1.807, 2.05) is 30.3 Å². The van der Waals surface area contributed by atoms with Gasteiger partial charge in [-0.25, -0.2) is 4.39 Å². The summed E-state index contributed by atoms with van der Waals surface area (Å²) in [4.78, 5) is 24.6. The highest BCUT2D eigenvalue weighted by Crippen LogP contribution is 2.19. The third kappa shape index (κ3) is 3.88. The normalized spacial score (nSPS) is 10.8. The Morgan fingerprint density at radius 1 is 0.880 bits per heavy atom. The number of aromatic nitrogens is 2. The summed E-state index contributed by atoms with van der Waals surface area (Å²) in [6, 6.07) is 14.0. The number of aryl methyl sites for hydroxylation is 2. The first kappa shape index (κ1) is 17.2. The third-order valence-corrected chi connectivity index (χ3v) is 4.36. The van der Waals surface area contributed by atoms with Crippen LogP contribution >= 0.6 is 11.6 Å². The van der Waals surface area contributed by atoms with Gasteiger partial charge < -0.3 is 9.13 Å². The van der Waals surface area contributed by atoms with Gasteiger partial charge in [-0.2, -0.15) is 0 Å². The first-order valence-electron chi connectivity index (χ1n) is 7.83. The van der Waals surface area contributed by atoms with E-state index in [4.69, 9.17) is 11.6 Å².